The number of nitrogens with zero attached hydrogens (tertiary/aromatic N) is 1. The van der Waals surface area contributed by atoms with Gasteiger partial charge < -0.3 is 10.1 Å². The fourth-order valence-electron chi connectivity index (χ4n) is 1.19. The molecule has 0 spiro atoms. The van der Waals surface area contributed by atoms with Crippen molar-refractivity contribution in [1.82, 2.24) is 9.97 Å². The molecule has 2 aromatic rings. The molecule has 0 aliphatic rings. The highest BCUT2D eigenvalue weighted by Gasteiger charge is 2.14. The minimum atomic E-state index is -1.07. The van der Waals surface area contributed by atoms with Gasteiger partial charge in [-0.1, -0.05) is 11.6 Å². The Kier molecular flexibility index (Phi) is 1.70. The van der Waals surface area contributed by atoms with E-state index in [-0.39, 0.29) is 10.6 Å². The summed E-state index contributed by atoms with van der Waals surface area (Å²) in [6.45, 7) is 0. The van der Waals surface area contributed by atoms with E-state index in [0.29, 0.717) is 11.0 Å². The van der Waals surface area contributed by atoms with Crippen molar-refractivity contribution in [2.45, 2.75) is 0 Å². The van der Waals surface area contributed by atoms with Gasteiger partial charge >= 0.3 is 5.97 Å². The van der Waals surface area contributed by atoms with Gasteiger partial charge in [0.15, 0.2) is 0 Å². The number of carboxylic acid groups (broad SMARTS) is 1. The molecule has 4 nitrogen and oxygen atoms in total. The lowest BCUT2D eigenvalue weighted by Gasteiger charge is -1.98. The van der Waals surface area contributed by atoms with Crippen LogP contribution in [0.2, 0.25) is 5.02 Å². The first-order valence-corrected chi connectivity index (χ1v) is 3.93. The molecule has 0 bridgehead atoms. The number of halogens is 1. The van der Waals surface area contributed by atoms with Crippen LogP contribution in [0.1, 0.15) is 10.4 Å². The quantitative estimate of drug-likeness (QED) is 0.732. The summed E-state index contributed by atoms with van der Waals surface area (Å²) in [6.07, 6.45) is 1.44. The predicted octanol–water partition coefficient (Wildman–Crippen LogP) is 1.91. The molecule has 0 saturated carbocycles. The highest BCUT2D eigenvalue weighted by Crippen LogP contribution is 2.23. The molecule has 0 atom stereocenters. The number of benzene rings is 1. The molecule has 13 heavy (non-hydrogen) atoms. The number of aromatic carboxylic acids is 1. The second kappa shape index (κ2) is 2.74. The van der Waals surface area contributed by atoms with Gasteiger partial charge in [0.2, 0.25) is 0 Å². The number of hydrogen-bond acceptors (Lipinski definition) is 2. The molecule has 1 aromatic heterocycles. The first-order chi connectivity index (χ1) is 6.20. The van der Waals surface area contributed by atoms with E-state index in [9.17, 15) is 4.79 Å². The Bertz CT molecular complexity index is 478. The molecule has 0 amide bonds. The van der Waals surface area contributed by atoms with Crippen LogP contribution in [0.4, 0.5) is 0 Å². The van der Waals surface area contributed by atoms with Crippen molar-refractivity contribution in [2.75, 3.05) is 0 Å². The summed E-state index contributed by atoms with van der Waals surface area (Å²) in [5, 5.41) is 9.04. The first-order valence-electron chi connectivity index (χ1n) is 3.55. The SMILES string of the molecule is O=C(O)c1c(Cl)ccc2[nH]cnc12. The second-order valence-electron chi connectivity index (χ2n) is 2.53. The zero-order chi connectivity index (χ0) is 9.42. The van der Waals surface area contributed by atoms with Gasteiger partial charge in [0.25, 0.3) is 0 Å². The largest absolute Gasteiger partial charge is 0.478 e. The molecule has 0 aliphatic carbocycles. The van der Waals surface area contributed by atoms with Gasteiger partial charge in [-0.05, 0) is 12.1 Å². The van der Waals surface area contributed by atoms with Crippen molar-refractivity contribution in [2.24, 2.45) is 0 Å². The molecule has 66 valence electrons. The summed E-state index contributed by atoms with van der Waals surface area (Å²) in [5.41, 5.74) is 1.10. The van der Waals surface area contributed by atoms with E-state index in [0.717, 1.165) is 0 Å². The maximum atomic E-state index is 10.8. The molecule has 0 fully saturated rings. The minimum Gasteiger partial charge on any atom is -0.478 e. The van der Waals surface area contributed by atoms with E-state index in [1.165, 1.54) is 12.4 Å². The number of imidazole rings is 1. The van der Waals surface area contributed by atoms with E-state index < -0.39 is 5.97 Å². The fraction of sp³-hybridized carbons (Fsp3) is 0. The molecule has 1 heterocycles. The number of aromatic amines is 1. The van der Waals surface area contributed by atoms with Crippen molar-refractivity contribution < 1.29 is 9.90 Å². The highest BCUT2D eigenvalue weighted by molar-refractivity contribution is 6.35. The summed E-state index contributed by atoms with van der Waals surface area (Å²) in [7, 11) is 0. The molecular weight excluding hydrogens is 192 g/mol. The smallest absolute Gasteiger partial charge is 0.339 e. The van der Waals surface area contributed by atoms with Gasteiger partial charge in [-0.25, -0.2) is 9.78 Å². The molecule has 5 heteroatoms. The van der Waals surface area contributed by atoms with E-state index in [4.69, 9.17) is 16.7 Å². The van der Waals surface area contributed by atoms with E-state index >= 15 is 0 Å². The summed E-state index contributed by atoms with van der Waals surface area (Å²) in [6, 6.07) is 3.22. The van der Waals surface area contributed by atoms with Crippen LogP contribution < -0.4 is 0 Å². The van der Waals surface area contributed by atoms with Crippen LogP contribution in [0.15, 0.2) is 18.5 Å². The number of nitrogens with one attached hydrogen (secondary N) is 1. The number of aromatic nitrogens is 2. The van der Waals surface area contributed by atoms with Crippen molar-refractivity contribution in [3.63, 3.8) is 0 Å². The molecule has 0 radical (unpaired) electrons. The van der Waals surface area contributed by atoms with Gasteiger partial charge in [-0.15, -0.1) is 0 Å². The Balaban J connectivity index is 2.88. The Morgan fingerprint density at radius 3 is 3.00 bits per heavy atom. The second-order valence-corrected chi connectivity index (χ2v) is 2.93. The molecule has 0 unspecified atom stereocenters. The molecular formula is C8H5ClN2O2. The number of hydrogen-bond donors (Lipinski definition) is 2. The predicted molar refractivity (Wildman–Crippen MR) is 48.1 cm³/mol. The summed E-state index contributed by atoms with van der Waals surface area (Å²) < 4.78 is 0. The third-order valence-corrected chi connectivity index (χ3v) is 2.07. The van der Waals surface area contributed by atoms with Gasteiger partial charge in [-0.3, -0.25) is 0 Å². The van der Waals surface area contributed by atoms with E-state index in [1.54, 1.807) is 6.07 Å². The number of fused-ring (bicyclic) bond motifs is 1. The Morgan fingerprint density at radius 2 is 2.31 bits per heavy atom. The van der Waals surface area contributed by atoms with Crippen molar-refractivity contribution in [3.8, 4) is 0 Å². The molecule has 2 N–H and O–H groups in total. The van der Waals surface area contributed by atoms with Gasteiger partial charge in [0.1, 0.15) is 11.1 Å². The number of rotatable bonds is 1. The first kappa shape index (κ1) is 8.07. The minimum absolute atomic E-state index is 0.0421. The summed E-state index contributed by atoms with van der Waals surface area (Å²) >= 11 is 5.72. The normalized spacial score (nSPS) is 10.5. The molecule has 0 saturated heterocycles. The monoisotopic (exact) mass is 196 g/mol. The standard InChI is InChI=1S/C8H5ClN2O2/c9-4-1-2-5-7(11-3-10-5)6(4)8(12)13/h1-3H,(H,10,11)(H,12,13). The third-order valence-electron chi connectivity index (χ3n) is 1.75. The zero-order valence-corrected chi connectivity index (χ0v) is 7.17. The van der Waals surface area contributed by atoms with Crippen molar-refractivity contribution in [3.05, 3.63) is 29.0 Å². The van der Waals surface area contributed by atoms with Crippen LogP contribution in [0.25, 0.3) is 11.0 Å². The Labute approximate surface area is 78.2 Å². The number of H-pyrrole nitrogens is 1. The number of carboxylic acids is 1. The molecule has 1 aromatic carbocycles. The number of carbonyl (C=O) groups is 1. The van der Waals surface area contributed by atoms with Gasteiger partial charge in [0, 0.05) is 0 Å². The average Bonchev–Trinajstić information content (AvgIpc) is 2.50. The Morgan fingerprint density at radius 1 is 1.54 bits per heavy atom. The van der Waals surface area contributed by atoms with Crippen LogP contribution in [0.3, 0.4) is 0 Å². The lowest BCUT2D eigenvalue weighted by Crippen LogP contribution is -1.98. The van der Waals surface area contributed by atoms with Crippen LogP contribution in [-0.2, 0) is 0 Å². The highest BCUT2D eigenvalue weighted by atomic mass is 35.5. The Hall–Kier alpha value is -1.55. The molecule has 0 aliphatic heterocycles. The fourth-order valence-corrected chi connectivity index (χ4v) is 1.42. The van der Waals surface area contributed by atoms with Crippen LogP contribution in [0.5, 0.6) is 0 Å². The third kappa shape index (κ3) is 1.15. The van der Waals surface area contributed by atoms with Gasteiger partial charge in [0.05, 0.1) is 16.9 Å². The summed E-state index contributed by atoms with van der Waals surface area (Å²) in [5.74, 6) is -1.07. The van der Waals surface area contributed by atoms with E-state index in [2.05, 4.69) is 9.97 Å². The van der Waals surface area contributed by atoms with Crippen LogP contribution in [-0.4, -0.2) is 21.0 Å². The average molecular weight is 197 g/mol. The topological polar surface area (TPSA) is 66.0 Å². The lowest BCUT2D eigenvalue weighted by molar-refractivity contribution is 0.0699. The lowest BCUT2D eigenvalue weighted by atomic mass is 10.2. The van der Waals surface area contributed by atoms with Crippen LogP contribution in [0, 0.1) is 0 Å². The van der Waals surface area contributed by atoms with E-state index in [1.807, 2.05) is 0 Å². The van der Waals surface area contributed by atoms with Gasteiger partial charge in [-0.2, -0.15) is 0 Å². The molecule has 2 rings (SSSR count). The zero-order valence-electron chi connectivity index (χ0n) is 6.41. The van der Waals surface area contributed by atoms with Crippen molar-refractivity contribution >= 4 is 28.6 Å². The maximum absolute atomic E-state index is 10.8. The maximum Gasteiger partial charge on any atom is 0.339 e. The van der Waals surface area contributed by atoms with Crippen LogP contribution >= 0.6 is 11.6 Å². The van der Waals surface area contributed by atoms with Crippen molar-refractivity contribution in [1.29, 1.82) is 0 Å². The summed E-state index contributed by atoms with van der Waals surface area (Å²) in [4.78, 5) is 17.5.